The molecule has 1 aromatic carbocycles. The Morgan fingerprint density at radius 2 is 1.81 bits per heavy atom. The Morgan fingerprint density at radius 1 is 1.07 bits per heavy atom. The van der Waals surface area contributed by atoms with E-state index in [4.69, 9.17) is 4.74 Å². The molecule has 0 aromatic heterocycles. The van der Waals surface area contributed by atoms with Crippen LogP contribution in [0.5, 0.6) is 0 Å². The highest BCUT2D eigenvalue weighted by Gasteiger charge is 2.38. The normalized spacial score (nSPS) is 28.7. The standard InChI is InChI=1S/C43H61N5O9/c1-26(2)38-41(54)45-34(25-31-16-11-14-27(3)24-31)42(55)48-23-13-17-33(47-48)43(56)57-36(28(4)15-12-20-37(51)44-7)19-10-8-9-18-35(50)30(6)39(52)32(40(53)46-38)22-21-29(5)49/h8-12,14-16,18,20,24,26,30,32-36,38-39,47,50,52H,13,17,19,21-23,25H2,1-7H3,(H,44,51)(H,45,54)(H,46,53)/b10-8+,18-9+,20-12+,28-15+/t30-,32+,33?,34-,35-,36-,38-,39+/m0/s1. The number of hydrogen-bond donors (Lipinski definition) is 6. The first-order valence-electron chi connectivity index (χ1n) is 19.7. The summed E-state index contributed by atoms with van der Waals surface area (Å²) >= 11 is 0. The van der Waals surface area contributed by atoms with E-state index in [1.807, 2.05) is 31.2 Å². The molecule has 0 saturated carbocycles. The van der Waals surface area contributed by atoms with E-state index in [1.165, 1.54) is 31.1 Å². The van der Waals surface area contributed by atoms with Crippen LogP contribution in [0.4, 0.5) is 0 Å². The van der Waals surface area contributed by atoms with E-state index in [9.17, 15) is 39.0 Å². The van der Waals surface area contributed by atoms with Crippen molar-refractivity contribution in [1.29, 1.82) is 0 Å². The third-order valence-electron chi connectivity index (χ3n) is 10.3. The number of nitrogens with zero attached hydrogens (tertiary/aromatic N) is 1. The van der Waals surface area contributed by atoms with E-state index in [0.29, 0.717) is 18.4 Å². The zero-order valence-electron chi connectivity index (χ0n) is 34.2. The first kappa shape index (κ1) is 46.5. The summed E-state index contributed by atoms with van der Waals surface area (Å²) in [6.07, 6.45) is 8.82. The Hall–Kier alpha value is -4.92. The van der Waals surface area contributed by atoms with Crippen molar-refractivity contribution in [3.05, 3.63) is 83.5 Å². The second kappa shape index (κ2) is 22.7. The number of nitrogens with one attached hydrogen (secondary N) is 4. The number of carbonyl (C=O) groups excluding carboxylic acids is 6. The minimum atomic E-state index is -1.39. The summed E-state index contributed by atoms with van der Waals surface area (Å²) in [5, 5.41) is 32.0. The van der Waals surface area contributed by atoms with E-state index in [-0.39, 0.29) is 43.9 Å². The molecule has 1 aromatic rings. The van der Waals surface area contributed by atoms with Crippen molar-refractivity contribution in [2.45, 2.75) is 117 Å². The lowest BCUT2D eigenvalue weighted by atomic mass is 9.84. The molecule has 8 atom stereocenters. The molecule has 2 aliphatic heterocycles. The Morgan fingerprint density at radius 3 is 2.47 bits per heavy atom. The number of amides is 4. The summed E-state index contributed by atoms with van der Waals surface area (Å²) in [5.41, 5.74) is 5.41. The largest absolute Gasteiger partial charge is 0.456 e. The van der Waals surface area contributed by atoms with Crippen LogP contribution in [0, 0.1) is 24.7 Å². The number of carbonyl (C=O) groups is 6. The number of aryl methyl sites for hydroxylation is 1. The quantitative estimate of drug-likeness (QED) is 0.123. The van der Waals surface area contributed by atoms with Crippen molar-refractivity contribution in [2.24, 2.45) is 17.8 Å². The van der Waals surface area contributed by atoms with Crippen molar-refractivity contribution in [3.63, 3.8) is 0 Å². The molecule has 6 N–H and O–H groups in total. The molecule has 2 aliphatic rings. The topological polar surface area (TPSA) is 203 Å². The third kappa shape index (κ3) is 14.5. The Balaban J connectivity index is 2.08. The molecule has 14 heteroatoms. The molecule has 3 rings (SSSR count). The molecular formula is C43H61N5O9. The molecular weight excluding hydrogens is 730 g/mol. The average Bonchev–Trinajstić information content (AvgIpc) is 3.17. The van der Waals surface area contributed by atoms with Crippen molar-refractivity contribution < 1.29 is 43.7 Å². The molecule has 1 saturated heterocycles. The van der Waals surface area contributed by atoms with Crippen LogP contribution in [-0.2, 0) is 39.9 Å². The summed E-state index contributed by atoms with van der Waals surface area (Å²) in [5.74, 6) is -5.31. The highest BCUT2D eigenvalue weighted by molar-refractivity contribution is 5.93. The minimum absolute atomic E-state index is 0.00677. The molecule has 0 radical (unpaired) electrons. The predicted molar refractivity (Wildman–Crippen MR) is 216 cm³/mol. The number of aliphatic hydroxyl groups excluding tert-OH is 2. The van der Waals surface area contributed by atoms with Gasteiger partial charge in [-0.2, -0.15) is 0 Å². The summed E-state index contributed by atoms with van der Waals surface area (Å²) in [7, 11) is 1.51. The Bertz CT molecular complexity index is 1700. The predicted octanol–water partition coefficient (Wildman–Crippen LogP) is 2.68. The number of rotatable bonds is 9. The van der Waals surface area contributed by atoms with E-state index in [2.05, 4.69) is 21.4 Å². The molecule has 14 nitrogen and oxygen atoms in total. The van der Waals surface area contributed by atoms with Crippen LogP contribution in [-0.4, -0.2) is 101 Å². The number of Topliss-reactive ketones (excluding diaryl/α,β-unsaturated/α-hetero) is 1. The zero-order valence-corrected chi connectivity index (χ0v) is 34.2. The van der Waals surface area contributed by atoms with E-state index in [1.54, 1.807) is 58.1 Å². The number of esters is 1. The SMILES string of the molecule is CNC(=O)/C=C/C=C(\C)[C@@H]1C/C=C/C=C/[C@H](O)[C@H](C)[C@@H](O)[C@@H](CCC(C)=O)C(=O)N[C@@H](C(C)C)C(=O)N[C@@H](Cc2cccc(C)c2)C(=O)N2CCCC(N2)C(=O)O1. The number of hydrazine groups is 1. The fourth-order valence-electron chi connectivity index (χ4n) is 6.68. The molecule has 57 heavy (non-hydrogen) atoms. The molecule has 4 amide bonds. The summed E-state index contributed by atoms with van der Waals surface area (Å²) in [6, 6.07) is 4.42. The fraction of sp³-hybridized carbons (Fsp3) is 0.535. The first-order chi connectivity index (χ1) is 27.0. The van der Waals surface area contributed by atoms with E-state index < -0.39 is 77.9 Å². The lowest BCUT2D eigenvalue weighted by Gasteiger charge is -2.36. The molecule has 312 valence electrons. The van der Waals surface area contributed by atoms with E-state index in [0.717, 1.165) is 11.1 Å². The number of likely N-dealkylation sites (N-methyl/N-ethyl adjacent to an activating group) is 1. The summed E-state index contributed by atoms with van der Waals surface area (Å²) in [6.45, 7) is 10.4. The van der Waals surface area contributed by atoms with Gasteiger partial charge in [0.25, 0.3) is 5.91 Å². The van der Waals surface area contributed by atoms with Crippen LogP contribution >= 0.6 is 0 Å². The fourth-order valence-corrected chi connectivity index (χ4v) is 6.68. The highest BCUT2D eigenvalue weighted by atomic mass is 16.5. The maximum absolute atomic E-state index is 14.3. The van der Waals surface area contributed by atoms with Gasteiger partial charge in [0, 0.05) is 44.8 Å². The lowest BCUT2D eigenvalue weighted by Crippen LogP contribution is -2.62. The molecule has 1 unspecified atom stereocenters. The second-order valence-electron chi connectivity index (χ2n) is 15.3. The lowest BCUT2D eigenvalue weighted by molar-refractivity contribution is -0.156. The van der Waals surface area contributed by atoms with Gasteiger partial charge in [-0.05, 0) is 57.1 Å². The molecule has 2 bridgehead atoms. The molecule has 2 heterocycles. The average molecular weight is 792 g/mol. The van der Waals surface area contributed by atoms with Gasteiger partial charge in [-0.1, -0.05) is 87.1 Å². The third-order valence-corrected chi connectivity index (χ3v) is 10.3. The number of fused-ring (bicyclic) bond motifs is 2. The minimum Gasteiger partial charge on any atom is -0.456 e. The van der Waals surface area contributed by atoms with Crippen LogP contribution in [0.25, 0.3) is 0 Å². The number of cyclic esters (lactones) is 1. The van der Waals surface area contributed by atoms with Crippen LogP contribution < -0.4 is 21.4 Å². The van der Waals surface area contributed by atoms with Crippen LogP contribution in [0.15, 0.2) is 72.4 Å². The van der Waals surface area contributed by atoms with Crippen LogP contribution in [0.2, 0.25) is 0 Å². The number of hydrogen-bond acceptors (Lipinski definition) is 10. The zero-order chi connectivity index (χ0) is 42.2. The van der Waals surface area contributed by atoms with Crippen molar-refractivity contribution in [2.75, 3.05) is 13.6 Å². The summed E-state index contributed by atoms with van der Waals surface area (Å²) in [4.78, 5) is 79.8. The van der Waals surface area contributed by atoms with Crippen molar-refractivity contribution in [1.82, 2.24) is 26.4 Å². The molecule has 1 fully saturated rings. The highest BCUT2D eigenvalue weighted by Crippen LogP contribution is 2.24. The van der Waals surface area contributed by atoms with Gasteiger partial charge in [-0.3, -0.25) is 29.0 Å². The maximum Gasteiger partial charge on any atom is 0.325 e. The smallest absolute Gasteiger partial charge is 0.325 e. The van der Waals surface area contributed by atoms with Gasteiger partial charge in [0.1, 0.15) is 30.0 Å². The number of allylic oxidation sites excluding steroid dienone is 4. The number of ether oxygens (including phenoxy) is 1. The van der Waals surface area contributed by atoms with Gasteiger partial charge in [-0.25, -0.2) is 5.43 Å². The van der Waals surface area contributed by atoms with Gasteiger partial charge in [0.2, 0.25) is 17.7 Å². The Labute approximate surface area is 336 Å². The van der Waals surface area contributed by atoms with Gasteiger partial charge >= 0.3 is 5.97 Å². The van der Waals surface area contributed by atoms with Crippen molar-refractivity contribution >= 4 is 35.4 Å². The van der Waals surface area contributed by atoms with Crippen LogP contribution in [0.3, 0.4) is 0 Å². The Kier molecular flexibility index (Phi) is 18.5. The summed E-state index contributed by atoms with van der Waals surface area (Å²) < 4.78 is 6.00. The molecule has 0 aliphatic carbocycles. The van der Waals surface area contributed by atoms with Crippen molar-refractivity contribution in [3.8, 4) is 0 Å². The number of benzene rings is 1. The van der Waals surface area contributed by atoms with Gasteiger partial charge in [-0.15, -0.1) is 0 Å². The number of aliphatic hydroxyl groups is 2. The van der Waals surface area contributed by atoms with Gasteiger partial charge < -0.3 is 35.7 Å². The van der Waals surface area contributed by atoms with Crippen LogP contribution in [0.1, 0.15) is 77.8 Å². The van der Waals surface area contributed by atoms with Gasteiger partial charge in [0.15, 0.2) is 0 Å². The maximum atomic E-state index is 14.3. The van der Waals surface area contributed by atoms with E-state index >= 15 is 0 Å². The molecule has 0 spiro atoms. The number of ketones is 1. The second-order valence-corrected chi connectivity index (χ2v) is 15.3. The van der Waals surface area contributed by atoms with Gasteiger partial charge in [0.05, 0.1) is 18.1 Å². The monoisotopic (exact) mass is 791 g/mol. The first-order valence-corrected chi connectivity index (χ1v) is 19.7.